The molecule has 0 radical (unpaired) electrons. The van der Waals surface area contributed by atoms with Crippen molar-refractivity contribution in [1.29, 1.82) is 0 Å². The molecule has 0 saturated heterocycles. The van der Waals surface area contributed by atoms with Crippen LogP contribution in [0.25, 0.3) is 0 Å². The fourth-order valence-electron chi connectivity index (χ4n) is 3.55. The van der Waals surface area contributed by atoms with Gasteiger partial charge in [0.05, 0.1) is 18.2 Å². The first kappa shape index (κ1) is 17.8. The van der Waals surface area contributed by atoms with Gasteiger partial charge in [0.15, 0.2) is 0 Å². The standard InChI is InChI=1S/C17H29N3O3/c1-4-20(13-9-7-6-8-10-13)11-14-15(16(21)23-5-2)12(3)18-17(22)19-14/h12-13H,4-11H2,1-3H3,(H2,18,19,22). The molecular weight excluding hydrogens is 294 g/mol. The van der Waals surface area contributed by atoms with Crippen LogP contribution in [0.1, 0.15) is 52.9 Å². The molecule has 0 bridgehead atoms. The van der Waals surface area contributed by atoms with Crippen LogP contribution >= 0.6 is 0 Å². The molecule has 1 fully saturated rings. The number of likely N-dealkylation sites (N-methyl/N-ethyl adjacent to an activating group) is 1. The van der Waals surface area contributed by atoms with Crippen molar-refractivity contribution in [3.05, 3.63) is 11.3 Å². The lowest BCUT2D eigenvalue weighted by atomic mass is 9.93. The predicted molar refractivity (Wildman–Crippen MR) is 88.9 cm³/mol. The number of carbonyl (C=O) groups is 2. The maximum Gasteiger partial charge on any atom is 0.337 e. The topological polar surface area (TPSA) is 70.7 Å². The Balaban J connectivity index is 2.20. The number of carbonyl (C=O) groups excluding carboxylic acids is 2. The predicted octanol–water partition coefficient (Wildman–Crippen LogP) is 2.16. The number of ether oxygens (including phenoxy) is 1. The molecule has 2 amide bonds. The summed E-state index contributed by atoms with van der Waals surface area (Å²) in [6.45, 7) is 7.57. The quantitative estimate of drug-likeness (QED) is 0.735. The van der Waals surface area contributed by atoms with E-state index in [4.69, 9.17) is 4.74 Å². The van der Waals surface area contributed by atoms with Gasteiger partial charge in [-0.1, -0.05) is 26.2 Å². The van der Waals surface area contributed by atoms with Crippen molar-refractivity contribution in [2.45, 2.75) is 65.0 Å². The van der Waals surface area contributed by atoms with E-state index < -0.39 is 0 Å². The lowest BCUT2D eigenvalue weighted by molar-refractivity contribution is -0.139. The van der Waals surface area contributed by atoms with Crippen molar-refractivity contribution in [2.75, 3.05) is 19.7 Å². The van der Waals surface area contributed by atoms with Crippen molar-refractivity contribution < 1.29 is 14.3 Å². The van der Waals surface area contributed by atoms with Crippen LogP contribution < -0.4 is 10.6 Å². The molecule has 1 aliphatic heterocycles. The highest BCUT2D eigenvalue weighted by atomic mass is 16.5. The van der Waals surface area contributed by atoms with Crippen LogP contribution in [0.2, 0.25) is 0 Å². The third-order valence-electron chi connectivity index (χ3n) is 4.72. The summed E-state index contributed by atoms with van der Waals surface area (Å²) in [5, 5.41) is 5.57. The van der Waals surface area contributed by atoms with Gasteiger partial charge in [0.2, 0.25) is 0 Å². The lowest BCUT2D eigenvalue weighted by Crippen LogP contribution is -2.52. The first-order chi connectivity index (χ1) is 11.1. The van der Waals surface area contributed by atoms with Crippen molar-refractivity contribution in [2.24, 2.45) is 0 Å². The van der Waals surface area contributed by atoms with E-state index in [-0.39, 0.29) is 18.0 Å². The molecule has 23 heavy (non-hydrogen) atoms. The van der Waals surface area contributed by atoms with E-state index in [9.17, 15) is 9.59 Å². The number of rotatable bonds is 6. The van der Waals surface area contributed by atoms with E-state index in [1.807, 2.05) is 6.92 Å². The first-order valence-corrected chi connectivity index (χ1v) is 8.78. The summed E-state index contributed by atoms with van der Waals surface area (Å²) in [6.07, 6.45) is 6.21. The molecule has 0 aromatic heterocycles. The molecule has 1 saturated carbocycles. The second kappa shape index (κ2) is 8.34. The Labute approximate surface area is 138 Å². The summed E-state index contributed by atoms with van der Waals surface area (Å²) in [4.78, 5) is 26.5. The Kier molecular flexibility index (Phi) is 6.45. The molecule has 1 atom stereocenters. The zero-order valence-corrected chi connectivity index (χ0v) is 14.5. The van der Waals surface area contributed by atoms with Crippen LogP contribution in [-0.4, -0.2) is 48.7 Å². The third kappa shape index (κ3) is 4.47. The molecule has 1 unspecified atom stereocenters. The van der Waals surface area contributed by atoms with E-state index in [0.29, 0.717) is 30.5 Å². The third-order valence-corrected chi connectivity index (χ3v) is 4.72. The van der Waals surface area contributed by atoms with Gasteiger partial charge >= 0.3 is 12.0 Å². The number of nitrogens with one attached hydrogen (secondary N) is 2. The summed E-state index contributed by atoms with van der Waals surface area (Å²) in [5.74, 6) is -0.345. The summed E-state index contributed by atoms with van der Waals surface area (Å²) in [7, 11) is 0. The number of urea groups is 1. The van der Waals surface area contributed by atoms with Crippen LogP contribution in [-0.2, 0) is 9.53 Å². The van der Waals surface area contributed by atoms with Crippen molar-refractivity contribution in [3.8, 4) is 0 Å². The Bertz CT molecular complexity index is 470. The summed E-state index contributed by atoms with van der Waals surface area (Å²) in [6, 6.07) is -0.0464. The number of hydrogen-bond acceptors (Lipinski definition) is 4. The van der Waals surface area contributed by atoms with E-state index in [1.165, 1.54) is 32.1 Å². The van der Waals surface area contributed by atoms with Crippen LogP contribution in [0.3, 0.4) is 0 Å². The Morgan fingerprint density at radius 1 is 1.26 bits per heavy atom. The highest BCUT2D eigenvalue weighted by molar-refractivity contribution is 5.94. The average molecular weight is 323 g/mol. The van der Waals surface area contributed by atoms with Crippen LogP contribution in [0.15, 0.2) is 11.3 Å². The number of amides is 2. The van der Waals surface area contributed by atoms with Gasteiger partial charge in [-0.2, -0.15) is 0 Å². The number of esters is 1. The van der Waals surface area contributed by atoms with Crippen molar-refractivity contribution in [3.63, 3.8) is 0 Å². The summed E-state index contributed by atoms with van der Waals surface area (Å²) >= 11 is 0. The van der Waals surface area contributed by atoms with Gasteiger partial charge in [-0.05, 0) is 33.2 Å². The summed E-state index contributed by atoms with van der Waals surface area (Å²) in [5.41, 5.74) is 1.23. The second-order valence-electron chi connectivity index (χ2n) is 6.29. The first-order valence-electron chi connectivity index (χ1n) is 8.78. The fourth-order valence-corrected chi connectivity index (χ4v) is 3.55. The molecular formula is C17H29N3O3. The molecule has 2 rings (SSSR count). The van der Waals surface area contributed by atoms with Gasteiger partial charge in [0, 0.05) is 18.3 Å². The zero-order chi connectivity index (χ0) is 16.8. The second-order valence-corrected chi connectivity index (χ2v) is 6.29. The minimum atomic E-state index is -0.345. The highest BCUT2D eigenvalue weighted by Gasteiger charge is 2.31. The van der Waals surface area contributed by atoms with Crippen LogP contribution in [0.4, 0.5) is 4.79 Å². The highest BCUT2D eigenvalue weighted by Crippen LogP contribution is 2.24. The molecule has 0 aromatic carbocycles. The van der Waals surface area contributed by atoms with Gasteiger partial charge < -0.3 is 15.4 Å². The van der Waals surface area contributed by atoms with Gasteiger partial charge in [0.1, 0.15) is 0 Å². The molecule has 2 N–H and O–H groups in total. The normalized spacial score (nSPS) is 22.8. The van der Waals surface area contributed by atoms with Crippen molar-refractivity contribution in [1.82, 2.24) is 15.5 Å². The minimum Gasteiger partial charge on any atom is -0.463 e. The van der Waals surface area contributed by atoms with E-state index in [0.717, 1.165) is 6.54 Å². The molecule has 0 aromatic rings. The minimum absolute atomic E-state index is 0.250. The number of hydrogen-bond donors (Lipinski definition) is 2. The zero-order valence-electron chi connectivity index (χ0n) is 14.5. The fraction of sp³-hybridized carbons (Fsp3) is 0.765. The maximum absolute atomic E-state index is 12.3. The SMILES string of the molecule is CCOC(=O)C1=C(CN(CC)C2CCCCC2)NC(=O)NC1C. The molecule has 2 aliphatic rings. The Morgan fingerprint density at radius 2 is 1.96 bits per heavy atom. The van der Waals surface area contributed by atoms with E-state index in [2.05, 4.69) is 22.5 Å². The van der Waals surface area contributed by atoms with Gasteiger partial charge in [-0.3, -0.25) is 4.90 Å². The molecule has 1 heterocycles. The number of nitrogens with zero attached hydrogens (tertiary/aromatic N) is 1. The van der Waals surface area contributed by atoms with E-state index in [1.54, 1.807) is 6.92 Å². The lowest BCUT2D eigenvalue weighted by Gasteiger charge is -2.36. The van der Waals surface area contributed by atoms with Crippen LogP contribution in [0, 0.1) is 0 Å². The van der Waals surface area contributed by atoms with Crippen molar-refractivity contribution >= 4 is 12.0 Å². The molecule has 6 heteroatoms. The largest absolute Gasteiger partial charge is 0.463 e. The Hall–Kier alpha value is -1.56. The molecule has 6 nitrogen and oxygen atoms in total. The van der Waals surface area contributed by atoms with E-state index >= 15 is 0 Å². The van der Waals surface area contributed by atoms with Gasteiger partial charge in [0.25, 0.3) is 0 Å². The molecule has 1 aliphatic carbocycles. The monoisotopic (exact) mass is 323 g/mol. The molecule has 130 valence electrons. The van der Waals surface area contributed by atoms with Gasteiger partial charge in [-0.15, -0.1) is 0 Å². The van der Waals surface area contributed by atoms with Gasteiger partial charge in [-0.25, -0.2) is 9.59 Å². The Morgan fingerprint density at radius 3 is 2.57 bits per heavy atom. The van der Waals surface area contributed by atoms with Crippen LogP contribution in [0.5, 0.6) is 0 Å². The summed E-state index contributed by atoms with van der Waals surface area (Å²) < 4.78 is 5.17. The molecule has 0 spiro atoms. The maximum atomic E-state index is 12.3. The average Bonchev–Trinajstić information content (AvgIpc) is 2.53. The smallest absolute Gasteiger partial charge is 0.337 e.